The van der Waals surface area contributed by atoms with Gasteiger partial charge in [-0.25, -0.2) is 4.98 Å². The van der Waals surface area contributed by atoms with E-state index in [0.29, 0.717) is 19.6 Å². The van der Waals surface area contributed by atoms with Crippen LogP contribution in [0.5, 0.6) is 0 Å². The van der Waals surface area contributed by atoms with Crippen LogP contribution in [-0.4, -0.2) is 40.6 Å². The minimum absolute atomic E-state index is 0.166. The second kappa shape index (κ2) is 6.98. The third-order valence-electron chi connectivity index (χ3n) is 4.74. The summed E-state index contributed by atoms with van der Waals surface area (Å²) in [6.07, 6.45) is 4.14. The molecule has 25 heavy (non-hydrogen) atoms. The van der Waals surface area contributed by atoms with Crippen molar-refractivity contribution in [3.8, 4) is 0 Å². The van der Waals surface area contributed by atoms with Gasteiger partial charge in [-0.1, -0.05) is 18.2 Å². The molecule has 1 aliphatic rings. The van der Waals surface area contributed by atoms with Crippen LogP contribution < -0.4 is 0 Å². The molecule has 2 aromatic heterocycles. The van der Waals surface area contributed by atoms with Crippen LogP contribution in [0.3, 0.4) is 0 Å². The highest BCUT2D eigenvalue weighted by Gasteiger charge is 2.25. The van der Waals surface area contributed by atoms with E-state index in [-0.39, 0.29) is 11.8 Å². The van der Waals surface area contributed by atoms with Crippen molar-refractivity contribution in [2.24, 2.45) is 5.92 Å². The number of thiophene rings is 1. The lowest BCUT2D eigenvalue weighted by Crippen LogP contribution is -2.36. The molecule has 1 aliphatic heterocycles. The zero-order valence-corrected chi connectivity index (χ0v) is 15.0. The Hall–Kier alpha value is -2.18. The lowest BCUT2D eigenvalue weighted by atomic mass is 10.1. The lowest BCUT2D eigenvalue weighted by molar-refractivity contribution is -0.131. The van der Waals surface area contributed by atoms with Crippen molar-refractivity contribution in [1.29, 1.82) is 0 Å². The minimum atomic E-state index is 0.166. The highest BCUT2D eigenvalue weighted by Crippen LogP contribution is 2.27. The van der Waals surface area contributed by atoms with Gasteiger partial charge in [-0.2, -0.15) is 0 Å². The quantitative estimate of drug-likeness (QED) is 0.723. The Morgan fingerprint density at radius 2 is 2.24 bits per heavy atom. The smallest absolute Gasteiger partial charge is 0.227 e. The number of carbonyl (C=O) groups is 1. The molecule has 3 aromatic rings. The molecule has 0 fully saturated rings. The van der Waals surface area contributed by atoms with E-state index in [1.54, 1.807) is 18.4 Å². The molecule has 5 nitrogen and oxygen atoms in total. The van der Waals surface area contributed by atoms with E-state index in [4.69, 9.17) is 4.74 Å². The highest BCUT2D eigenvalue weighted by atomic mass is 32.1. The summed E-state index contributed by atoms with van der Waals surface area (Å²) in [6, 6.07) is 8.27. The van der Waals surface area contributed by atoms with Crippen LogP contribution in [0.25, 0.3) is 10.1 Å². The number of carbonyl (C=O) groups excluding carboxylic acids is 1. The molecule has 0 saturated heterocycles. The summed E-state index contributed by atoms with van der Waals surface area (Å²) in [4.78, 5) is 19.2. The normalized spacial score (nSPS) is 17.5. The second-order valence-corrected chi connectivity index (χ2v) is 7.48. The molecular formula is C19H21N3O2S. The van der Waals surface area contributed by atoms with E-state index in [0.717, 1.165) is 24.3 Å². The third kappa shape index (κ3) is 3.32. The van der Waals surface area contributed by atoms with Crippen LogP contribution in [0.4, 0.5) is 0 Å². The van der Waals surface area contributed by atoms with Gasteiger partial charge in [-0.05, 0) is 22.4 Å². The summed E-state index contributed by atoms with van der Waals surface area (Å²) in [5.41, 5.74) is 2.20. The third-order valence-corrected chi connectivity index (χ3v) is 5.76. The van der Waals surface area contributed by atoms with Gasteiger partial charge in [0.1, 0.15) is 0 Å². The highest BCUT2D eigenvalue weighted by molar-refractivity contribution is 7.17. The van der Waals surface area contributed by atoms with Crippen molar-refractivity contribution >= 4 is 27.3 Å². The average Bonchev–Trinajstić information content (AvgIpc) is 3.18. The fraction of sp³-hybridized carbons (Fsp3) is 0.368. The molecule has 4 rings (SSSR count). The molecule has 0 N–H and O–H groups in total. The number of hydrogen-bond donors (Lipinski definition) is 0. The number of hydrogen-bond acceptors (Lipinski definition) is 4. The molecule has 1 aromatic carbocycles. The van der Waals surface area contributed by atoms with Crippen LogP contribution in [0.2, 0.25) is 0 Å². The van der Waals surface area contributed by atoms with Gasteiger partial charge in [0.05, 0.1) is 31.6 Å². The van der Waals surface area contributed by atoms with Crippen molar-refractivity contribution in [3.63, 3.8) is 0 Å². The topological polar surface area (TPSA) is 47.4 Å². The molecule has 0 bridgehead atoms. The number of ether oxygens (including phenoxy) is 1. The number of rotatable bonds is 4. The fourth-order valence-electron chi connectivity index (χ4n) is 3.53. The largest absolute Gasteiger partial charge is 0.384 e. The van der Waals surface area contributed by atoms with Crippen LogP contribution in [0.1, 0.15) is 11.3 Å². The number of methoxy groups -OCH3 is 1. The predicted octanol–water partition coefficient (Wildman–Crippen LogP) is 2.95. The number of imidazole rings is 1. The van der Waals surface area contributed by atoms with Crippen molar-refractivity contribution in [3.05, 3.63) is 53.4 Å². The first-order valence-electron chi connectivity index (χ1n) is 8.45. The molecule has 1 atom stereocenters. The summed E-state index contributed by atoms with van der Waals surface area (Å²) in [5, 5.41) is 3.30. The molecule has 6 heteroatoms. The van der Waals surface area contributed by atoms with Crippen molar-refractivity contribution in [2.45, 2.75) is 19.5 Å². The number of benzene rings is 1. The summed E-state index contributed by atoms with van der Waals surface area (Å²) < 4.78 is 8.72. The first-order chi connectivity index (χ1) is 12.2. The SMILES string of the molecule is COCC1CN(C(=O)Cc2csc3ccccc23)Cc2cncn2C1. The van der Waals surface area contributed by atoms with Crippen LogP contribution in [0, 0.1) is 5.92 Å². The van der Waals surface area contributed by atoms with Gasteiger partial charge in [0.2, 0.25) is 5.91 Å². The van der Waals surface area contributed by atoms with Crippen LogP contribution in [0.15, 0.2) is 42.2 Å². The fourth-order valence-corrected chi connectivity index (χ4v) is 4.49. The predicted molar refractivity (Wildman–Crippen MR) is 98.5 cm³/mol. The van der Waals surface area contributed by atoms with Gasteiger partial charge in [-0.3, -0.25) is 4.79 Å². The standard InChI is InChI=1S/C19H21N3O2S/c1-24-11-14-8-21(10-16-7-20-13-22(16)9-14)19(23)6-15-12-25-18-5-3-2-4-17(15)18/h2-5,7,12-14H,6,8-11H2,1H3. The van der Waals surface area contributed by atoms with Gasteiger partial charge in [0.25, 0.3) is 0 Å². The first kappa shape index (κ1) is 16.3. The monoisotopic (exact) mass is 355 g/mol. The number of aromatic nitrogens is 2. The maximum atomic E-state index is 13.0. The summed E-state index contributed by atoms with van der Waals surface area (Å²) in [6.45, 7) is 2.81. The van der Waals surface area contributed by atoms with Crippen LogP contribution >= 0.6 is 11.3 Å². The Bertz CT molecular complexity index is 886. The molecule has 0 radical (unpaired) electrons. The minimum Gasteiger partial charge on any atom is -0.384 e. The Balaban J connectivity index is 1.56. The molecule has 0 saturated carbocycles. The molecule has 130 valence electrons. The molecule has 0 aliphatic carbocycles. The first-order valence-corrected chi connectivity index (χ1v) is 9.33. The van der Waals surface area contributed by atoms with E-state index < -0.39 is 0 Å². The average molecular weight is 355 g/mol. The molecular weight excluding hydrogens is 334 g/mol. The van der Waals surface area contributed by atoms with E-state index >= 15 is 0 Å². The number of fused-ring (bicyclic) bond motifs is 2. The Morgan fingerprint density at radius 1 is 1.36 bits per heavy atom. The Morgan fingerprint density at radius 3 is 3.12 bits per heavy atom. The zero-order valence-electron chi connectivity index (χ0n) is 14.2. The van der Waals surface area contributed by atoms with Crippen molar-refractivity contribution in [1.82, 2.24) is 14.5 Å². The number of amides is 1. The van der Waals surface area contributed by atoms with Gasteiger partial charge in [-0.15, -0.1) is 11.3 Å². The maximum absolute atomic E-state index is 13.0. The van der Waals surface area contributed by atoms with Gasteiger partial charge < -0.3 is 14.2 Å². The Labute approximate surface area is 150 Å². The van der Waals surface area contributed by atoms with Gasteiger partial charge >= 0.3 is 0 Å². The lowest BCUT2D eigenvalue weighted by Gasteiger charge is -2.24. The van der Waals surface area contributed by atoms with E-state index in [1.807, 2.05) is 29.6 Å². The Kier molecular flexibility index (Phi) is 4.55. The second-order valence-electron chi connectivity index (χ2n) is 6.57. The summed E-state index contributed by atoms with van der Waals surface area (Å²) in [5.74, 6) is 0.447. The van der Waals surface area contributed by atoms with E-state index in [1.165, 1.54) is 10.1 Å². The molecule has 1 amide bonds. The van der Waals surface area contributed by atoms with E-state index in [2.05, 4.69) is 27.1 Å². The van der Waals surface area contributed by atoms with Gasteiger partial charge in [0, 0.05) is 37.0 Å². The summed E-state index contributed by atoms with van der Waals surface area (Å²) in [7, 11) is 1.71. The van der Waals surface area contributed by atoms with Crippen molar-refractivity contribution < 1.29 is 9.53 Å². The van der Waals surface area contributed by atoms with Gasteiger partial charge in [0.15, 0.2) is 0 Å². The zero-order chi connectivity index (χ0) is 17.2. The molecule has 1 unspecified atom stereocenters. The number of nitrogens with zero attached hydrogens (tertiary/aromatic N) is 3. The van der Waals surface area contributed by atoms with Crippen molar-refractivity contribution in [2.75, 3.05) is 20.3 Å². The molecule has 0 spiro atoms. The van der Waals surface area contributed by atoms with Crippen LogP contribution in [-0.2, 0) is 29.0 Å². The maximum Gasteiger partial charge on any atom is 0.227 e. The molecule has 3 heterocycles. The summed E-state index contributed by atoms with van der Waals surface area (Å²) >= 11 is 1.70. The van der Waals surface area contributed by atoms with E-state index in [9.17, 15) is 4.79 Å².